The van der Waals surface area contributed by atoms with Gasteiger partial charge in [-0.2, -0.15) is 0 Å². The minimum absolute atomic E-state index is 0.00135. The zero-order valence-corrected chi connectivity index (χ0v) is 12.9. The number of carbonyl (C=O) groups excluding carboxylic acids is 1. The lowest BCUT2D eigenvalue weighted by Gasteiger charge is -2.31. The molecular weight excluding hydrogens is 286 g/mol. The van der Waals surface area contributed by atoms with Crippen molar-refractivity contribution in [2.24, 2.45) is 5.92 Å². The number of hydrogen-bond donors (Lipinski definition) is 0. The van der Waals surface area contributed by atoms with Gasteiger partial charge in [0.25, 0.3) is 5.91 Å². The summed E-state index contributed by atoms with van der Waals surface area (Å²) in [6.45, 7) is 4.31. The number of likely N-dealkylation sites (tertiary alicyclic amines) is 1. The fourth-order valence-electron chi connectivity index (χ4n) is 2.73. The van der Waals surface area contributed by atoms with Gasteiger partial charge in [-0.3, -0.25) is 9.48 Å². The minimum Gasteiger partial charge on any atom is -0.337 e. The molecule has 6 nitrogen and oxygen atoms in total. The third kappa shape index (κ3) is 3.29. The van der Waals surface area contributed by atoms with E-state index in [1.54, 1.807) is 22.2 Å². The van der Waals surface area contributed by atoms with Crippen LogP contribution in [0, 0.1) is 5.92 Å². The molecule has 0 bridgehead atoms. The average molecular weight is 305 g/mol. The van der Waals surface area contributed by atoms with Gasteiger partial charge in [0, 0.05) is 37.6 Å². The van der Waals surface area contributed by atoms with E-state index in [9.17, 15) is 4.79 Å². The second kappa shape index (κ2) is 6.34. The first-order valence-electron chi connectivity index (χ1n) is 7.34. The van der Waals surface area contributed by atoms with Crippen LogP contribution in [0.25, 0.3) is 0 Å². The maximum absolute atomic E-state index is 12.5. The Balaban J connectivity index is 1.63. The minimum atomic E-state index is -0.00135. The Morgan fingerprint density at radius 2 is 2.43 bits per heavy atom. The monoisotopic (exact) mass is 305 g/mol. The summed E-state index contributed by atoms with van der Waals surface area (Å²) in [4.78, 5) is 18.7. The standard InChI is InChI=1S/C14H19N5OS/c1-2-19-10-12(16-17-19)14(20)18-6-3-4-11(9-18)8-13-15-5-7-21-13/h5,7,10-11H,2-4,6,8-9H2,1H3. The molecule has 0 saturated carbocycles. The third-order valence-electron chi connectivity index (χ3n) is 3.83. The zero-order chi connectivity index (χ0) is 14.7. The topological polar surface area (TPSA) is 63.9 Å². The Morgan fingerprint density at radius 1 is 1.52 bits per heavy atom. The van der Waals surface area contributed by atoms with E-state index in [1.165, 1.54) is 0 Å². The normalized spacial score (nSPS) is 18.9. The summed E-state index contributed by atoms with van der Waals surface area (Å²) in [6, 6.07) is 0. The molecular formula is C14H19N5OS. The van der Waals surface area contributed by atoms with E-state index >= 15 is 0 Å². The fourth-order valence-corrected chi connectivity index (χ4v) is 3.46. The van der Waals surface area contributed by atoms with E-state index in [0.29, 0.717) is 11.6 Å². The molecule has 2 aromatic rings. The Morgan fingerprint density at radius 3 is 3.14 bits per heavy atom. The van der Waals surface area contributed by atoms with Crippen molar-refractivity contribution in [1.82, 2.24) is 24.9 Å². The van der Waals surface area contributed by atoms with Gasteiger partial charge in [-0.1, -0.05) is 5.21 Å². The smallest absolute Gasteiger partial charge is 0.276 e. The molecule has 1 fully saturated rings. The molecule has 0 N–H and O–H groups in total. The molecule has 3 heterocycles. The quantitative estimate of drug-likeness (QED) is 0.865. The van der Waals surface area contributed by atoms with Crippen LogP contribution in [-0.2, 0) is 13.0 Å². The molecule has 2 aromatic heterocycles. The summed E-state index contributed by atoms with van der Waals surface area (Å²) in [5, 5.41) is 11.1. The first-order chi connectivity index (χ1) is 10.3. The zero-order valence-electron chi connectivity index (χ0n) is 12.1. The van der Waals surface area contributed by atoms with Gasteiger partial charge in [0.2, 0.25) is 0 Å². The molecule has 0 aliphatic carbocycles. The molecule has 112 valence electrons. The van der Waals surface area contributed by atoms with Crippen LogP contribution >= 0.6 is 11.3 Å². The molecule has 0 aromatic carbocycles. The summed E-state index contributed by atoms with van der Waals surface area (Å²) >= 11 is 1.69. The number of piperidine rings is 1. The van der Waals surface area contributed by atoms with Crippen molar-refractivity contribution in [3.8, 4) is 0 Å². The van der Waals surface area contributed by atoms with Crippen molar-refractivity contribution in [3.05, 3.63) is 28.5 Å². The van der Waals surface area contributed by atoms with Crippen LogP contribution in [0.5, 0.6) is 0 Å². The number of aryl methyl sites for hydroxylation is 1. The SMILES string of the molecule is CCn1cc(C(=O)N2CCCC(Cc3nccs3)C2)nn1. The van der Waals surface area contributed by atoms with Crippen molar-refractivity contribution in [1.29, 1.82) is 0 Å². The number of amides is 1. The van der Waals surface area contributed by atoms with E-state index in [-0.39, 0.29) is 5.91 Å². The van der Waals surface area contributed by atoms with Crippen molar-refractivity contribution >= 4 is 17.2 Å². The van der Waals surface area contributed by atoms with Crippen LogP contribution in [0.1, 0.15) is 35.3 Å². The van der Waals surface area contributed by atoms with E-state index in [4.69, 9.17) is 0 Å². The summed E-state index contributed by atoms with van der Waals surface area (Å²) in [5.41, 5.74) is 0.451. The molecule has 3 rings (SSSR count). The van der Waals surface area contributed by atoms with Crippen LogP contribution in [-0.4, -0.2) is 43.9 Å². The lowest BCUT2D eigenvalue weighted by atomic mass is 9.95. The van der Waals surface area contributed by atoms with Crippen molar-refractivity contribution < 1.29 is 4.79 Å². The van der Waals surface area contributed by atoms with Crippen molar-refractivity contribution in [2.45, 2.75) is 32.7 Å². The second-order valence-electron chi connectivity index (χ2n) is 5.35. The van der Waals surface area contributed by atoms with Crippen molar-refractivity contribution in [2.75, 3.05) is 13.1 Å². The van der Waals surface area contributed by atoms with E-state index < -0.39 is 0 Å². The predicted octanol–water partition coefficient (Wildman–Crippen LogP) is 1.85. The Bertz CT molecular complexity index is 594. The third-order valence-corrected chi connectivity index (χ3v) is 4.64. The van der Waals surface area contributed by atoms with E-state index in [1.807, 2.05) is 23.4 Å². The van der Waals surface area contributed by atoms with Gasteiger partial charge >= 0.3 is 0 Å². The number of thiazole rings is 1. The summed E-state index contributed by atoms with van der Waals surface area (Å²) in [5.74, 6) is 0.494. The number of carbonyl (C=O) groups is 1. The average Bonchev–Trinajstić information content (AvgIpc) is 3.17. The van der Waals surface area contributed by atoms with Gasteiger partial charge in [0.15, 0.2) is 5.69 Å². The van der Waals surface area contributed by atoms with Crippen molar-refractivity contribution in [3.63, 3.8) is 0 Å². The van der Waals surface area contributed by atoms with Crippen LogP contribution < -0.4 is 0 Å². The van der Waals surface area contributed by atoms with E-state index in [0.717, 1.165) is 43.9 Å². The predicted molar refractivity (Wildman–Crippen MR) is 80.1 cm³/mol. The Kier molecular flexibility index (Phi) is 4.28. The number of nitrogens with zero attached hydrogens (tertiary/aromatic N) is 5. The first-order valence-corrected chi connectivity index (χ1v) is 8.22. The molecule has 1 unspecified atom stereocenters. The maximum atomic E-state index is 12.5. The Labute approximate surface area is 127 Å². The summed E-state index contributed by atoms with van der Waals surface area (Å²) in [6.07, 6.45) is 6.74. The molecule has 0 radical (unpaired) electrons. The highest BCUT2D eigenvalue weighted by Gasteiger charge is 2.26. The molecule has 1 aliphatic rings. The van der Waals surface area contributed by atoms with E-state index in [2.05, 4.69) is 15.3 Å². The van der Waals surface area contributed by atoms with Crippen LogP contribution in [0.3, 0.4) is 0 Å². The van der Waals surface area contributed by atoms with Gasteiger partial charge in [-0.05, 0) is 25.7 Å². The molecule has 1 atom stereocenters. The van der Waals surface area contributed by atoms with Gasteiger partial charge in [-0.25, -0.2) is 4.98 Å². The molecule has 7 heteroatoms. The van der Waals surface area contributed by atoms with Crippen LogP contribution in [0.2, 0.25) is 0 Å². The fraction of sp³-hybridized carbons (Fsp3) is 0.571. The lowest BCUT2D eigenvalue weighted by Crippen LogP contribution is -2.40. The lowest BCUT2D eigenvalue weighted by molar-refractivity contribution is 0.0667. The highest BCUT2D eigenvalue weighted by molar-refractivity contribution is 7.09. The van der Waals surface area contributed by atoms with Gasteiger partial charge in [0.05, 0.1) is 11.2 Å². The second-order valence-corrected chi connectivity index (χ2v) is 6.33. The Hall–Kier alpha value is -1.76. The number of hydrogen-bond acceptors (Lipinski definition) is 5. The number of rotatable bonds is 4. The van der Waals surface area contributed by atoms with Gasteiger partial charge in [-0.15, -0.1) is 16.4 Å². The van der Waals surface area contributed by atoms with Gasteiger partial charge < -0.3 is 4.90 Å². The number of aromatic nitrogens is 4. The molecule has 0 spiro atoms. The molecule has 1 aliphatic heterocycles. The highest BCUT2D eigenvalue weighted by Crippen LogP contribution is 2.22. The first kappa shape index (κ1) is 14.2. The van der Waals surface area contributed by atoms with Gasteiger partial charge in [0.1, 0.15) is 0 Å². The summed E-state index contributed by atoms with van der Waals surface area (Å²) < 4.78 is 1.68. The molecule has 21 heavy (non-hydrogen) atoms. The maximum Gasteiger partial charge on any atom is 0.276 e. The molecule has 1 saturated heterocycles. The largest absolute Gasteiger partial charge is 0.337 e. The van der Waals surface area contributed by atoms with Crippen LogP contribution in [0.15, 0.2) is 17.8 Å². The molecule has 1 amide bonds. The summed E-state index contributed by atoms with van der Waals surface area (Å²) in [7, 11) is 0. The highest BCUT2D eigenvalue weighted by atomic mass is 32.1. The van der Waals surface area contributed by atoms with Crippen LogP contribution in [0.4, 0.5) is 0 Å².